The number of aromatic nitrogens is 1. The monoisotopic (exact) mass is 295 g/mol. The third-order valence-corrected chi connectivity index (χ3v) is 4.13. The maximum atomic E-state index is 12.4. The van der Waals surface area contributed by atoms with E-state index in [4.69, 9.17) is 0 Å². The molecule has 0 spiro atoms. The van der Waals surface area contributed by atoms with E-state index < -0.39 is 10.8 Å². The van der Waals surface area contributed by atoms with Gasteiger partial charge in [0.2, 0.25) is 0 Å². The zero-order valence-corrected chi connectivity index (χ0v) is 12.7. The molecule has 1 heterocycles. The Balaban J connectivity index is 0.00000180. The van der Waals surface area contributed by atoms with Crippen molar-refractivity contribution in [1.29, 1.82) is 0 Å². The van der Waals surface area contributed by atoms with Gasteiger partial charge in [0.25, 0.3) is 0 Å². The second kappa shape index (κ2) is 7.41. The molecule has 102 valence electrons. The van der Waals surface area contributed by atoms with Crippen molar-refractivity contribution in [3.8, 4) is 0 Å². The Labute approximate surface area is 123 Å². The molecular weight excluding hydrogens is 278 g/mol. The van der Waals surface area contributed by atoms with Gasteiger partial charge in [-0.25, -0.2) is 8.78 Å². The van der Waals surface area contributed by atoms with Crippen LogP contribution in [0.15, 0.2) is 58.6 Å². The number of pyridine rings is 1. The number of nitrogens with zero attached hydrogens (tertiary/aromatic N) is 1. The molecule has 0 aliphatic rings. The van der Waals surface area contributed by atoms with Crippen LogP contribution in [-0.2, 0) is 17.3 Å². The molecule has 4 heteroatoms. The normalized spacial score (nSPS) is 11.7. The Bertz CT molecular complexity index is 554. The van der Waals surface area contributed by atoms with Crippen molar-refractivity contribution in [2.45, 2.75) is 36.6 Å². The molecule has 2 nitrogen and oxygen atoms in total. The van der Waals surface area contributed by atoms with Crippen LogP contribution in [0.1, 0.15) is 18.9 Å². The van der Waals surface area contributed by atoms with Crippen LogP contribution in [0.4, 0.5) is 0 Å². The van der Waals surface area contributed by atoms with Crippen LogP contribution < -0.4 is 17.0 Å². The van der Waals surface area contributed by atoms with Gasteiger partial charge >= 0.3 is 0 Å². The number of aryl methyl sites for hydroxylation is 2. The SMILES string of the molecule is CCC[n+]1cccc([S@@](=O)c2ccc(C)cc2)c1.[Cl-]. The summed E-state index contributed by atoms with van der Waals surface area (Å²) >= 11 is 0. The molecule has 0 fully saturated rings. The van der Waals surface area contributed by atoms with E-state index in [9.17, 15) is 4.21 Å². The zero-order chi connectivity index (χ0) is 13.0. The van der Waals surface area contributed by atoms with E-state index in [-0.39, 0.29) is 12.4 Å². The molecule has 2 aromatic rings. The molecule has 19 heavy (non-hydrogen) atoms. The fourth-order valence-corrected chi connectivity index (χ4v) is 2.89. The summed E-state index contributed by atoms with van der Waals surface area (Å²) in [4.78, 5) is 1.71. The van der Waals surface area contributed by atoms with Crippen LogP contribution >= 0.6 is 0 Å². The van der Waals surface area contributed by atoms with Gasteiger partial charge in [0.05, 0.1) is 10.8 Å². The van der Waals surface area contributed by atoms with Gasteiger partial charge in [-0.2, -0.15) is 0 Å². The maximum Gasteiger partial charge on any atom is 0.185 e. The molecule has 0 bridgehead atoms. The van der Waals surface area contributed by atoms with Crippen molar-refractivity contribution in [3.05, 3.63) is 54.4 Å². The molecule has 0 amide bonds. The lowest BCUT2D eigenvalue weighted by Gasteiger charge is -2.02. The molecule has 2 rings (SSSR count). The second-order valence-corrected chi connectivity index (χ2v) is 5.84. The van der Waals surface area contributed by atoms with Crippen LogP contribution in [0.5, 0.6) is 0 Å². The molecule has 1 atom stereocenters. The number of halogens is 1. The fraction of sp³-hybridized carbons (Fsp3) is 0.267. The van der Waals surface area contributed by atoms with Crippen molar-refractivity contribution in [1.82, 2.24) is 0 Å². The molecule has 0 unspecified atom stereocenters. The van der Waals surface area contributed by atoms with Crippen LogP contribution in [0, 0.1) is 6.92 Å². The molecule has 0 saturated heterocycles. The van der Waals surface area contributed by atoms with Gasteiger partial charge in [-0.1, -0.05) is 24.6 Å². The summed E-state index contributed by atoms with van der Waals surface area (Å²) < 4.78 is 14.5. The zero-order valence-electron chi connectivity index (χ0n) is 11.2. The molecule has 0 radical (unpaired) electrons. The summed E-state index contributed by atoms with van der Waals surface area (Å²) in [7, 11) is -1.09. The average molecular weight is 296 g/mol. The molecule has 0 aliphatic heterocycles. The standard InChI is InChI=1S/C15H18NOS.ClH/c1-3-10-16-11-4-5-15(12-16)18(17)14-8-6-13(2)7-9-14;/h4-9,11-12H,3,10H2,1-2H3;1H/q+1;/p-1/t18-;/m0./s1. The van der Waals surface area contributed by atoms with Crippen molar-refractivity contribution < 1.29 is 21.2 Å². The van der Waals surface area contributed by atoms with Gasteiger partial charge in [-0.15, -0.1) is 0 Å². The summed E-state index contributed by atoms with van der Waals surface area (Å²) in [5.41, 5.74) is 1.19. The molecule has 1 aromatic carbocycles. The Morgan fingerprint density at radius 2 is 1.79 bits per heavy atom. The summed E-state index contributed by atoms with van der Waals surface area (Å²) in [6.07, 6.45) is 5.06. The maximum absolute atomic E-state index is 12.4. The third kappa shape index (κ3) is 4.15. The highest BCUT2D eigenvalue weighted by atomic mass is 35.5. The van der Waals surface area contributed by atoms with Gasteiger partial charge in [-0.05, 0) is 25.1 Å². The summed E-state index contributed by atoms with van der Waals surface area (Å²) in [6.45, 7) is 5.12. The lowest BCUT2D eigenvalue weighted by atomic mass is 10.2. The van der Waals surface area contributed by atoms with Crippen LogP contribution in [0.3, 0.4) is 0 Å². The first-order valence-electron chi connectivity index (χ1n) is 6.18. The van der Waals surface area contributed by atoms with Gasteiger partial charge < -0.3 is 12.4 Å². The topological polar surface area (TPSA) is 20.9 Å². The summed E-state index contributed by atoms with van der Waals surface area (Å²) in [6, 6.07) is 11.7. The number of hydrogen-bond donors (Lipinski definition) is 0. The lowest BCUT2D eigenvalue weighted by Crippen LogP contribution is -3.00. The highest BCUT2D eigenvalue weighted by molar-refractivity contribution is 7.85. The first-order chi connectivity index (χ1) is 8.70. The van der Waals surface area contributed by atoms with E-state index in [1.165, 1.54) is 5.56 Å². The highest BCUT2D eigenvalue weighted by Gasteiger charge is 2.10. The predicted molar refractivity (Wildman–Crippen MR) is 72.8 cm³/mol. The van der Waals surface area contributed by atoms with Gasteiger partial charge in [0, 0.05) is 17.4 Å². The summed E-state index contributed by atoms with van der Waals surface area (Å²) in [5, 5.41) is 0. The Morgan fingerprint density at radius 3 is 2.42 bits per heavy atom. The van der Waals surface area contributed by atoms with Crippen molar-refractivity contribution in [2.24, 2.45) is 0 Å². The molecule has 0 N–H and O–H groups in total. The molecule has 1 aromatic heterocycles. The van der Waals surface area contributed by atoms with Crippen LogP contribution in [0.25, 0.3) is 0 Å². The third-order valence-electron chi connectivity index (χ3n) is 2.76. The predicted octanol–water partition coefficient (Wildman–Crippen LogP) is -0.137. The van der Waals surface area contributed by atoms with Crippen molar-refractivity contribution in [2.75, 3.05) is 0 Å². The first-order valence-corrected chi connectivity index (χ1v) is 7.33. The van der Waals surface area contributed by atoms with E-state index in [2.05, 4.69) is 11.5 Å². The quantitative estimate of drug-likeness (QED) is 0.720. The minimum atomic E-state index is -1.09. The largest absolute Gasteiger partial charge is 1.00 e. The first kappa shape index (κ1) is 15.9. The van der Waals surface area contributed by atoms with E-state index in [1.54, 1.807) is 0 Å². The number of benzene rings is 1. The summed E-state index contributed by atoms with van der Waals surface area (Å²) in [5.74, 6) is 0. The van der Waals surface area contributed by atoms with Gasteiger partial charge in [-0.3, -0.25) is 0 Å². The number of rotatable bonds is 4. The van der Waals surface area contributed by atoms with Gasteiger partial charge in [0.15, 0.2) is 12.4 Å². The average Bonchev–Trinajstić information content (AvgIpc) is 2.39. The molecular formula is C15H18ClNOS. The minimum Gasteiger partial charge on any atom is -1.00 e. The Kier molecular flexibility index (Phi) is 6.19. The number of hydrogen-bond acceptors (Lipinski definition) is 1. The lowest BCUT2D eigenvalue weighted by molar-refractivity contribution is -0.698. The van der Waals surface area contributed by atoms with Crippen molar-refractivity contribution in [3.63, 3.8) is 0 Å². The van der Waals surface area contributed by atoms with Crippen LogP contribution in [0.2, 0.25) is 0 Å². The van der Waals surface area contributed by atoms with Crippen molar-refractivity contribution >= 4 is 10.8 Å². The van der Waals surface area contributed by atoms with E-state index >= 15 is 0 Å². The van der Waals surface area contributed by atoms with E-state index in [0.29, 0.717) is 0 Å². The minimum absolute atomic E-state index is 0. The fourth-order valence-electron chi connectivity index (χ4n) is 1.80. The van der Waals surface area contributed by atoms with Crippen LogP contribution in [-0.4, -0.2) is 4.21 Å². The highest BCUT2D eigenvalue weighted by Crippen LogP contribution is 2.15. The molecule has 0 aliphatic carbocycles. The Morgan fingerprint density at radius 1 is 1.11 bits per heavy atom. The smallest absolute Gasteiger partial charge is 0.185 e. The Hall–Kier alpha value is -1.19. The second-order valence-electron chi connectivity index (χ2n) is 4.36. The van der Waals surface area contributed by atoms with E-state index in [0.717, 1.165) is 22.8 Å². The van der Waals surface area contributed by atoms with Gasteiger partial charge in [0.1, 0.15) is 11.4 Å². The molecule has 0 saturated carbocycles. The van der Waals surface area contributed by atoms with E-state index in [1.807, 2.05) is 55.7 Å².